The Kier molecular flexibility index (Phi) is 5.38. The van der Waals surface area contributed by atoms with E-state index >= 15 is 0 Å². The summed E-state index contributed by atoms with van der Waals surface area (Å²) < 4.78 is 27.5. The number of nitrogens with one attached hydrogen (secondary N) is 3. The smallest absolute Gasteiger partial charge is 0.269 e. The molecule has 2 atom stereocenters. The van der Waals surface area contributed by atoms with E-state index in [1.54, 1.807) is 18.2 Å². The second-order valence-corrected chi connectivity index (χ2v) is 8.53. The highest BCUT2D eigenvalue weighted by molar-refractivity contribution is 7.92. The van der Waals surface area contributed by atoms with Crippen LogP contribution in [0.15, 0.2) is 53.4 Å². The maximum absolute atomic E-state index is 12.5. The van der Waals surface area contributed by atoms with Gasteiger partial charge in [0.2, 0.25) is 5.91 Å². The summed E-state index contributed by atoms with van der Waals surface area (Å²) in [6.07, 6.45) is 0.796. The summed E-state index contributed by atoms with van der Waals surface area (Å²) in [6.45, 7) is 1.95. The molecule has 0 spiro atoms. The highest BCUT2D eigenvalue weighted by Crippen LogP contribution is 2.37. The number of benzene rings is 2. The lowest BCUT2D eigenvalue weighted by Crippen LogP contribution is -2.42. The molecule has 1 fully saturated rings. The van der Waals surface area contributed by atoms with Gasteiger partial charge in [-0.2, -0.15) is 0 Å². The molecule has 0 unspecified atom stereocenters. The van der Waals surface area contributed by atoms with E-state index in [0.717, 1.165) is 6.42 Å². The van der Waals surface area contributed by atoms with Crippen LogP contribution in [0.5, 0.6) is 0 Å². The van der Waals surface area contributed by atoms with Crippen molar-refractivity contribution in [1.82, 2.24) is 10.9 Å². The molecule has 1 saturated carbocycles. The van der Waals surface area contributed by atoms with Crippen molar-refractivity contribution in [3.63, 3.8) is 0 Å². The number of rotatable bonds is 5. The van der Waals surface area contributed by atoms with E-state index < -0.39 is 15.9 Å². The summed E-state index contributed by atoms with van der Waals surface area (Å²) in [7, 11) is -3.90. The predicted molar refractivity (Wildman–Crippen MR) is 102 cm³/mol. The number of amides is 2. The van der Waals surface area contributed by atoms with Crippen molar-refractivity contribution >= 4 is 39.1 Å². The van der Waals surface area contributed by atoms with Crippen molar-refractivity contribution in [3.05, 3.63) is 59.1 Å². The van der Waals surface area contributed by atoms with Crippen molar-refractivity contribution in [2.45, 2.75) is 18.2 Å². The lowest BCUT2D eigenvalue weighted by molar-refractivity contribution is -0.123. The summed E-state index contributed by atoms with van der Waals surface area (Å²) in [4.78, 5) is 23.9. The van der Waals surface area contributed by atoms with Gasteiger partial charge in [-0.05, 0) is 48.7 Å². The predicted octanol–water partition coefficient (Wildman–Crippen LogP) is 2.56. The molecule has 2 aromatic rings. The van der Waals surface area contributed by atoms with Crippen LogP contribution in [-0.4, -0.2) is 20.2 Å². The van der Waals surface area contributed by atoms with Crippen LogP contribution >= 0.6 is 11.6 Å². The molecule has 1 aliphatic carbocycles. The number of hydrogen-bond acceptors (Lipinski definition) is 4. The van der Waals surface area contributed by atoms with E-state index in [0.29, 0.717) is 16.6 Å². The van der Waals surface area contributed by atoms with Gasteiger partial charge in [-0.3, -0.25) is 25.2 Å². The minimum Gasteiger partial charge on any atom is -0.280 e. The minimum absolute atomic E-state index is 0.0843. The zero-order valence-electron chi connectivity index (χ0n) is 14.4. The quantitative estimate of drug-likeness (QED) is 0.662. The first kappa shape index (κ1) is 19.2. The average molecular weight is 408 g/mol. The maximum atomic E-state index is 12.5. The number of sulfonamides is 1. The standard InChI is InChI=1S/C18H18ClN3O4S/c1-11-8-16(11)18(24)21-20-17(23)12-4-2-7-15(9-12)27(25,26)22-14-6-3-5-13(19)10-14/h2-7,9-11,16,22H,8H2,1H3,(H,20,23)(H,21,24)/t11-,16-/m1/s1. The molecule has 9 heteroatoms. The average Bonchev–Trinajstić information content (AvgIpc) is 3.36. The Hall–Kier alpha value is -2.58. The third-order valence-electron chi connectivity index (χ3n) is 4.23. The second-order valence-electron chi connectivity index (χ2n) is 6.41. The fourth-order valence-electron chi connectivity index (χ4n) is 2.54. The number of hydrazine groups is 1. The topological polar surface area (TPSA) is 104 Å². The highest BCUT2D eigenvalue weighted by Gasteiger charge is 2.39. The fraction of sp³-hybridized carbons (Fsp3) is 0.222. The Morgan fingerprint density at radius 3 is 2.44 bits per heavy atom. The Bertz CT molecular complexity index is 994. The minimum atomic E-state index is -3.90. The molecule has 0 heterocycles. The molecule has 7 nitrogen and oxygen atoms in total. The Balaban J connectivity index is 1.70. The summed E-state index contributed by atoms with van der Waals surface area (Å²) in [5, 5.41) is 0.393. The van der Waals surface area contributed by atoms with Crippen LogP contribution in [-0.2, 0) is 14.8 Å². The Morgan fingerprint density at radius 2 is 1.78 bits per heavy atom. The van der Waals surface area contributed by atoms with Crippen LogP contribution < -0.4 is 15.6 Å². The van der Waals surface area contributed by atoms with Crippen LogP contribution in [0.4, 0.5) is 5.69 Å². The van der Waals surface area contributed by atoms with Crippen LogP contribution in [0, 0.1) is 11.8 Å². The first-order valence-corrected chi connectivity index (χ1v) is 10.1. The van der Waals surface area contributed by atoms with Gasteiger partial charge in [-0.15, -0.1) is 0 Å². The molecule has 3 N–H and O–H groups in total. The number of carbonyl (C=O) groups is 2. The molecule has 142 valence electrons. The summed E-state index contributed by atoms with van der Waals surface area (Å²) >= 11 is 5.86. The van der Waals surface area contributed by atoms with Gasteiger partial charge in [-0.25, -0.2) is 8.42 Å². The Morgan fingerprint density at radius 1 is 1.07 bits per heavy atom. The molecule has 0 aromatic heterocycles. The number of halogens is 1. The van der Waals surface area contributed by atoms with E-state index in [9.17, 15) is 18.0 Å². The molecule has 0 radical (unpaired) electrons. The van der Waals surface area contributed by atoms with Gasteiger partial charge in [0.15, 0.2) is 0 Å². The third-order valence-corrected chi connectivity index (χ3v) is 5.84. The maximum Gasteiger partial charge on any atom is 0.269 e. The van der Waals surface area contributed by atoms with Crippen LogP contribution in [0.1, 0.15) is 23.7 Å². The first-order valence-electron chi connectivity index (χ1n) is 8.25. The van der Waals surface area contributed by atoms with Crippen molar-refractivity contribution in [2.24, 2.45) is 11.8 Å². The van der Waals surface area contributed by atoms with Gasteiger partial charge < -0.3 is 0 Å². The lowest BCUT2D eigenvalue weighted by Gasteiger charge is -2.10. The second kappa shape index (κ2) is 7.58. The van der Waals surface area contributed by atoms with E-state index in [4.69, 9.17) is 11.6 Å². The SMILES string of the molecule is C[C@@H]1C[C@H]1C(=O)NNC(=O)c1cccc(S(=O)(=O)Nc2cccc(Cl)c2)c1. The Labute approximate surface area is 162 Å². The van der Waals surface area contributed by atoms with Crippen molar-refractivity contribution in [3.8, 4) is 0 Å². The van der Waals surface area contributed by atoms with E-state index in [1.165, 1.54) is 30.3 Å². The van der Waals surface area contributed by atoms with Crippen molar-refractivity contribution in [1.29, 1.82) is 0 Å². The zero-order valence-corrected chi connectivity index (χ0v) is 16.0. The van der Waals surface area contributed by atoms with Gasteiger partial charge >= 0.3 is 0 Å². The van der Waals surface area contributed by atoms with Gasteiger partial charge in [0, 0.05) is 16.5 Å². The lowest BCUT2D eigenvalue weighted by atomic mass is 10.2. The van der Waals surface area contributed by atoms with Crippen LogP contribution in [0.3, 0.4) is 0 Å². The van der Waals surface area contributed by atoms with Gasteiger partial charge in [-0.1, -0.05) is 30.7 Å². The van der Waals surface area contributed by atoms with Crippen molar-refractivity contribution < 1.29 is 18.0 Å². The molecule has 0 bridgehead atoms. The normalized spacial score (nSPS) is 18.4. The largest absolute Gasteiger partial charge is 0.280 e. The molecule has 27 heavy (non-hydrogen) atoms. The molecular weight excluding hydrogens is 390 g/mol. The van der Waals surface area contributed by atoms with Crippen molar-refractivity contribution in [2.75, 3.05) is 4.72 Å². The number of anilines is 1. The zero-order chi connectivity index (χ0) is 19.6. The van der Waals surface area contributed by atoms with Crippen LogP contribution in [0.25, 0.3) is 0 Å². The monoisotopic (exact) mass is 407 g/mol. The third kappa shape index (κ3) is 4.78. The number of hydrogen-bond donors (Lipinski definition) is 3. The molecule has 3 rings (SSSR count). The molecule has 1 aliphatic rings. The first-order chi connectivity index (χ1) is 12.8. The van der Waals surface area contributed by atoms with Crippen LogP contribution in [0.2, 0.25) is 5.02 Å². The van der Waals surface area contributed by atoms with Gasteiger partial charge in [0.05, 0.1) is 10.6 Å². The fourth-order valence-corrected chi connectivity index (χ4v) is 3.83. The van der Waals surface area contributed by atoms with E-state index in [1.807, 2.05) is 6.92 Å². The molecule has 0 saturated heterocycles. The van der Waals surface area contributed by atoms with Gasteiger partial charge in [0.1, 0.15) is 0 Å². The summed E-state index contributed by atoms with van der Waals surface area (Å²) in [6, 6.07) is 11.8. The molecule has 2 amide bonds. The van der Waals surface area contributed by atoms with Gasteiger partial charge in [0.25, 0.3) is 15.9 Å². The summed E-state index contributed by atoms with van der Waals surface area (Å²) in [5.74, 6) is -0.620. The molecule has 2 aromatic carbocycles. The molecular formula is C18H18ClN3O4S. The molecule has 0 aliphatic heterocycles. The van der Waals surface area contributed by atoms with E-state index in [2.05, 4.69) is 15.6 Å². The van der Waals surface area contributed by atoms with E-state index in [-0.39, 0.29) is 22.3 Å². The highest BCUT2D eigenvalue weighted by atomic mass is 35.5. The number of carbonyl (C=O) groups excluding carboxylic acids is 2. The summed E-state index contributed by atoms with van der Waals surface area (Å²) in [5.41, 5.74) is 5.08.